The number of halogens is 1. The summed E-state index contributed by atoms with van der Waals surface area (Å²) in [4.78, 5) is -0.0123. The molecule has 1 aliphatic heterocycles. The summed E-state index contributed by atoms with van der Waals surface area (Å²) in [6.07, 6.45) is -0.641. The van der Waals surface area contributed by atoms with Crippen molar-refractivity contribution >= 4 is 15.7 Å². The first kappa shape index (κ1) is 18.2. The highest BCUT2D eigenvalue weighted by Gasteiger charge is 2.41. The summed E-state index contributed by atoms with van der Waals surface area (Å²) in [6, 6.07) is 12.1. The van der Waals surface area contributed by atoms with E-state index in [4.69, 9.17) is 4.74 Å². The van der Waals surface area contributed by atoms with Crippen molar-refractivity contribution in [3.05, 3.63) is 53.8 Å². The van der Waals surface area contributed by atoms with Gasteiger partial charge in [0.2, 0.25) is 0 Å². The van der Waals surface area contributed by atoms with E-state index in [1.165, 1.54) is 16.4 Å². The number of sulfonamides is 1. The van der Waals surface area contributed by atoms with Gasteiger partial charge < -0.3 is 4.74 Å². The summed E-state index contributed by atoms with van der Waals surface area (Å²) in [5, 5.41) is 9.44. The third-order valence-corrected chi connectivity index (χ3v) is 6.27. The van der Waals surface area contributed by atoms with E-state index in [2.05, 4.69) is 6.07 Å². The second-order valence-corrected chi connectivity index (χ2v) is 8.76. The lowest BCUT2D eigenvalue weighted by atomic mass is 9.87. The summed E-state index contributed by atoms with van der Waals surface area (Å²) in [7, 11) is -3.93. The van der Waals surface area contributed by atoms with Crippen LogP contribution in [0.4, 0.5) is 10.1 Å². The Hall–Kier alpha value is -2.59. The van der Waals surface area contributed by atoms with Crippen LogP contribution >= 0.6 is 0 Å². The predicted octanol–water partition coefficient (Wildman–Crippen LogP) is 3.64. The molecule has 0 amide bonds. The minimum Gasteiger partial charge on any atom is -0.485 e. The number of nitriles is 1. The Balaban J connectivity index is 2.14. The molecule has 0 fully saturated rings. The molecule has 1 atom stereocenters. The van der Waals surface area contributed by atoms with Crippen LogP contribution in [-0.2, 0) is 10.0 Å². The Labute approximate surface area is 152 Å². The van der Waals surface area contributed by atoms with Crippen molar-refractivity contribution in [2.24, 2.45) is 5.41 Å². The first-order valence-electron chi connectivity index (χ1n) is 8.12. The Morgan fingerprint density at radius 2 is 1.88 bits per heavy atom. The summed E-state index contributed by atoms with van der Waals surface area (Å²) in [5.74, 6) is -0.105. The van der Waals surface area contributed by atoms with Gasteiger partial charge in [-0.25, -0.2) is 12.8 Å². The van der Waals surface area contributed by atoms with Gasteiger partial charge >= 0.3 is 0 Å². The monoisotopic (exact) mass is 374 g/mol. The molecular formula is C19H19FN2O3S. The van der Waals surface area contributed by atoms with Gasteiger partial charge in [0.15, 0.2) is 0 Å². The second kappa shape index (κ2) is 6.29. The number of benzene rings is 2. The number of fused-ring (bicyclic) bond motifs is 1. The van der Waals surface area contributed by atoms with Crippen LogP contribution in [0.1, 0.15) is 19.4 Å². The molecule has 7 heteroatoms. The normalized spacial score (nSPS) is 17.2. The molecule has 0 saturated heterocycles. The van der Waals surface area contributed by atoms with Gasteiger partial charge in [-0.2, -0.15) is 5.26 Å². The fraction of sp³-hybridized carbons (Fsp3) is 0.316. The van der Waals surface area contributed by atoms with Gasteiger partial charge in [0.05, 0.1) is 28.6 Å². The van der Waals surface area contributed by atoms with E-state index < -0.39 is 27.4 Å². The minimum atomic E-state index is -3.93. The SMILES string of the molecule is Cc1ccc2c(c1)N(S(=O)(=O)c1ccc(F)cc1)CC(C(C)(C)C#N)O2. The molecule has 2 aromatic carbocycles. The molecular weight excluding hydrogens is 355 g/mol. The average Bonchev–Trinajstić information content (AvgIpc) is 2.61. The first-order valence-corrected chi connectivity index (χ1v) is 9.56. The van der Waals surface area contributed by atoms with Gasteiger partial charge in [0, 0.05) is 0 Å². The maximum atomic E-state index is 13.2. The fourth-order valence-corrected chi connectivity index (χ4v) is 4.24. The second-order valence-electron chi connectivity index (χ2n) is 6.90. The van der Waals surface area contributed by atoms with Crippen LogP contribution in [0.3, 0.4) is 0 Å². The zero-order chi connectivity index (χ0) is 19.1. The van der Waals surface area contributed by atoms with Crippen molar-refractivity contribution < 1.29 is 17.5 Å². The van der Waals surface area contributed by atoms with E-state index in [0.29, 0.717) is 11.4 Å². The smallest absolute Gasteiger partial charge is 0.264 e. The van der Waals surface area contributed by atoms with Crippen molar-refractivity contribution in [2.75, 3.05) is 10.8 Å². The van der Waals surface area contributed by atoms with Crippen LogP contribution < -0.4 is 9.04 Å². The molecule has 3 rings (SSSR count). The number of hydrogen-bond acceptors (Lipinski definition) is 4. The molecule has 0 spiro atoms. The van der Waals surface area contributed by atoms with Crippen molar-refractivity contribution in [1.29, 1.82) is 5.26 Å². The molecule has 0 bridgehead atoms. The van der Waals surface area contributed by atoms with Gasteiger partial charge in [0.25, 0.3) is 10.0 Å². The summed E-state index contributed by atoms with van der Waals surface area (Å²) in [5.41, 5.74) is 0.406. The summed E-state index contributed by atoms with van der Waals surface area (Å²) >= 11 is 0. The van der Waals surface area contributed by atoms with Crippen LogP contribution in [0, 0.1) is 29.5 Å². The average molecular weight is 374 g/mol. The van der Waals surface area contributed by atoms with Gasteiger partial charge in [-0.1, -0.05) is 6.07 Å². The standard InChI is InChI=1S/C19H19FN2O3S/c1-13-4-9-17-16(10-13)22(11-18(25-17)19(2,3)12-21)26(23,24)15-7-5-14(20)6-8-15/h4-10,18H,11H2,1-3H3. The quantitative estimate of drug-likeness (QED) is 0.822. The maximum Gasteiger partial charge on any atom is 0.264 e. The lowest BCUT2D eigenvalue weighted by Crippen LogP contribution is -2.49. The van der Waals surface area contributed by atoms with E-state index in [1.54, 1.807) is 26.0 Å². The number of hydrogen-bond donors (Lipinski definition) is 0. The highest BCUT2D eigenvalue weighted by molar-refractivity contribution is 7.92. The molecule has 0 saturated carbocycles. The Kier molecular flexibility index (Phi) is 4.41. The number of rotatable bonds is 3. The Morgan fingerprint density at radius 1 is 1.23 bits per heavy atom. The van der Waals surface area contributed by atoms with E-state index in [9.17, 15) is 18.1 Å². The Bertz CT molecular complexity index is 979. The van der Waals surface area contributed by atoms with Gasteiger partial charge in [-0.15, -0.1) is 0 Å². The maximum absolute atomic E-state index is 13.2. The van der Waals surface area contributed by atoms with Crippen LogP contribution in [0.15, 0.2) is 47.4 Å². The molecule has 0 aliphatic carbocycles. The lowest BCUT2D eigenvalue weighted by molar-refractivity contribution is 0.112. The number of nitrogens with zero attached hydrogens (tertiary/aromatic N) is 2. The Morgan fingerprint density at radius 3 is 2.50 bits per heavy atom. The van der Waals surface area contributed by atoms with Crippen LogP contribution in [0.25, 0.3) is 0 Å². The molecule has 1 unspecified atom stereocenters. The highest BCUT2D eigenvalue weighted by Crippen LogP contribution is 2.41. The zero-order valence-corrected chi connectivity index (χ0v) is 15.5. The summed E-state index contributed by atoms with van der Waals surface area (Å²) < 4.78 is 46.8. The molecule has 0 N–H and O–H groups in total. The van der Waals surface area contributed by atoms with Crippen LogP contribution in [0.2, 0.25) is 0 Å². The third-order valence-electron chi connectivity index (χ3n) is 4.48. The molecule has 26 heavy (non-hydrogen) atoms. The van der Waals surface area contributed by atoms with Crippen molar-refractivity contribution in [1.82, 2.24) is 0 Å². The number of anilines is 1. The van der Waals surface area contributed by atoms with E-state index >= 15 is 0 Å². The largest absolute Gasteiger partial charge is 0.485 e. The molecule has 136 valence electrons. The molecule has 1 aliphatic rings. The predicted molar refractivity (Wildman–Crippen MR) is 95.9 cm³/mol. The van der Waals surface area contributed by atoms with Gasteiger partial charge in [-0.3, -0.25) is 4.31 Å². The number of ether oxygens (including phenoxy) is 1. The highest BCUT2D eigenvalue weighted by atomic mass is 32.2. The topological polar surface area (TPSA) is 70.4 Å². The van der Waals surface area contributed by atoms with E-state index in [1.807, 2.05) is 13.0 Å². The number of aryl methyl sites for hydroxylation is 1. The van der Waals surface area contributed by atoms with Gasteiger partial charge in [0.1, 0.15) is 17.7 Å². The third kappa shape index (κ3) is 3.13. The lowest BCUT2D eigenvalue weighted by Gasteiger charge is -2.39. The summed E-state index contributed by atoms with van der Waals surface area (Å²) in [6.45, 7) is 5.27. The van der Waals surface area contributed by atoms with E-state index in [-0.39, 0.29) is 11.4 Å². The fourth-order valence-electron chi connectivity index (χ4n) is 2.77. The van der Waals surface area contributed by atoms with Crippen molar-refractivity contribution in [3.8, 4) is 11.8 Å². The first-order chi connectivity index (χ1) is 12.1. The molecule has 5 nitrogen and oxygen atoms in total. The molecule has 1 heterocycles. The minimum absolute atomic E-state index is 0.00325. The van der Waals surface area contributed by atoms with Crippen LogP contribution in [-0.4, -0.2) is 21.1 Å². The van der Waals surface area contributed by atoms with Gasteiger partial charge in [-0.05, 0) is 62.7 Å². The molecule has 0 aromatic heterocycles. The molecule has 0 radical (unpaired) electrons. The van der Waals surface area contributed by atoms with Crippen molar-refractivity contribution in [2.45, 2.75) is 31.8 Å². The van der Waals surface area contributed by atoms with Crippen LogP contribution in [0.5, 0.6) is 5.75 Å². The van der Waals surface area contributed by atoms with E-state index in [0.717, 1.165) is 17.7 Å². The van der Waals surface area contributed by atoms with Crippen molar-refractivity contribution in [3.63, 3.8) is 0 Å². The molecule has 2 aromatic rings. The zero-order valence-electron chi connectivity index (χ0n) is 14.7.